The Balaban J connectivity index is 1.76. The summed E-state index contributed by atoms with van der Waals surface area (Å²) in [4.78, 5) is 2.02. The van der Waals surface area contributed by atoms with Crippen molar-refractivity contribution < 1.29 is 10.2 Å². The number of fused-ring (bicyclic) bond motifs is 1. The molecular weight excluding hydrogens is 214 g/mol. The molecule has 0 amide bonds. The Bertz CT molecular complexity index is 279. The first-order chi connectivity index (χ1) is 8.29. The normalized spacial score (nSPS) is 43.9. The van der Waals surface area contributed by atoms with E-state index in [9.17, 15) is 10.2 Å². The lowest BCUT2D eigenvalue weighted by Crippen LogP contribution is -2.46. The van der Waals surface area contributed by atoms with Gasteiger partial charge in [0.15, 0.2) is 0 Å². The third-order valence-corrected chi connectivity index (χ3v) is 4.91. The lowest BCUT2D eigenvalue weighted by Gasteiger charge is -2.36. The number of aliphatic hydroxyl groups is 2. The van der Waals surface area contributed by atoms with E-state index in [1.807, 2.05) is 4.90 Å². The van der Waals surface area contributed by atoms with E-state index < -0.39 is 12.5 Å². The molecule has 0 aromatic heterocycles. The maximum atomic E-state index is 10.4. The van der Waals surface area contributed by atoms with E-state index in [0.29, 0.717) is 6.04 Å². The van der Waals surface area contributed by atoms with Crippen molar-refractivity contribution in [3.05, 3.63) is 12.2 Å². The Labute approximate surface area is 103 Å². The minimum Gasteiger partial charge on any atom is -0.378 e. The number of hydrogen-bond acceptors (Lipinski definition) is 3. The van der Waals surface area contributed by atoms with Crippen LogP contribution in [0.5, 0.6) is 0 Å². The van der Waals surface area contributed by atoms with E-state index >= 15 is 0 Å². The van der Waals surface area contributed by atoms with Crippen molar-refractivity contribution in [3.63, 3.8) is 0 Å². The first kappa shape index (κ1) is 11.7. The van der Waals surface area contributed by atoms with Crippen LogP contribution in [0, 0.1) is 11.8 Å². The first-order valence-electron chi connectivity index (χ1n) is 7.07. The summed E-state index contributed by atoms with van der Waals surface area (Å²) in [5.41, 5.74) is 0. The molecule has 0 bridgehead atoms. The maximum Gasteiger partial charge on any atom is 0.113 e. The Morgan fingerprint density at radius 1 is 0.824 bits per heavy atom. The SMILES string of the molecule is OC1C2CC=CCC2C(O)N1C1CCCCC1. The van der Waals surface area contributed by atoms with Gasteiger partial charge in [-0.3, -0.25) is 0 Å². The maximum absolute atomic E-state index is 10.4. The second-order valence-corrected chi connectivity index (χ2v) is 5.84. The summed E-state index contributed by atoms with van der Waals surface area (Å²) in [5.74, 6) is 0.494. The number of hydrogen-bond donors (Lipinski definition) is 2. The second-order valence-electron chi connectivity index (χ2n) is 5.84. The van der Waals surface area contributed by atoms with Gasteiger partial charge in [-0.2, -0.15) is 0 Å². The average molecular weight is 237 g/mol. The monoisotopic (exact) mass is 237 g/mol. The quantitative estimate of drug-likeness (QED) is 0.684. The number of nitrogens with zero attached hydrogens (tertiary/aromatic N) is 1. The molecule has 3 aliphatic rings. The van der Waals surface area contributed by atoms with E-state index in [1.54, 1.807) is 0 Å². The third-order valence-electron chi connectivity index (χ3n) is 4.91. The molecule has 1 saturated carbocycles. The molecule has 0 aromatic carbocycles. The molecule has 2 aliphatic carbocycles. The number of likely N-dealkylation sites (tertiary alicyclic amines) is 1. The third kappa shape index (κ3) is 1.94. The van der Waals surface area contributed by atoms with Gasteiger partial charge in [-0.15, -0.1) is 0 Å². The van der Waals surface area contributed by atoms with Crippen LogP contribution in [-0.2, 0) is 0 Å². The van der Waals surface area contributed by atoms with E-state index in [2.05, 4.69) is 12.2 Å². The molecule has 1 saturated heterocycles. The van der Waals surface area contributed by atoms with Gasteiger partial charge in [0, 0.05) is 17.9 Å². The first-order valence-corrected chi connectivity index (χ1v) is 7.07. The Kier molecular flexibility index (Phi) is 3.24. The highest BCUT2D eigenvalue weighted by Gasteiger charge is 2.49. The van der Waals surface area contributed by atoms with Crippen LogP contribution in [0.15, 0.2) is 12.2 Å². The summed E-state index contributed by atoms with van der Waals surface area (Å²) in [6, 6.07) is 0.402. The highest BCUT2D eigenvalue weighted by molar-refractivity contribution is 5.04. The number of aliphatic hydroxyl groups excluding tert-OH is 2. The highest BCUT2D eigenvalue weighted by atomic mass is 16.3. The van der Waals surface area contributed by atoms with Crippen molar-refractivity contribution in [2.24, 2.45) is 11.8 Å². The molecule has 4 atom stereocenters. The van der Waals surface area contributed by atoms with Crippen molar-refractivity contribution in [2.45, 2.75) is 63.4 Å². The van der Waals surface area contributed by atoms with Gasteiger partial charge in [-0.1, -0.05) is 31.4 Å². The molecule has 3 nitrogen and oxygen atoms in total. The van der Waals surface area contributed by atoms with Gasteiger partial charge >= 0.3 is 0 Å². The summed E-state index contributed by atoms with van der Waals surface area (Å²) in [7, 11) is 0. The zero-order chi connectivity index (χ0) is 11.8. The van der Waals surface area contributed by atoms with Gasteiger partial charge < -0.3 is 10.2 Å². The number of allylic oxidation sites excluding steroid dienone is 2. The molecule has 2 fully saturated rings. The molecule has 1 heterocycles. The Morgan fingerprint density at radius 2 is 1.35 bits per heavy atom. The minimum absolute atomic E-state index is 0.247. The van der Waals surface area contributed by atoms with Crippen LogP contribution in [0.3, 0.4) is 0 Å². The van der Waals surface area contributed by atoms with E-state index in [0.717, 1.165) is 25.7 Å². The molecule has 3 rings (SSSR count). The van der Waals surface area contributed by atoms with Crippen LogP contribution in [0.1, 0.15) is 44.9 Å². The predicted octanol–water partition coefficient (Wildman–Crippen LogP) is 1.85. The molecule has 1 aliphatic heterocycles. The van der Waals surface area contributed by atoms with Gasteiger partial charge in [0.2, 0.25) is 0 Å². The standard InChI is InChI=1S/C14H23NO2/c16-13-11-8-4-5-9-12(11)14(17)15(13)10-6-2-1-3-7-10/h4-5,10-14,16-17H,1-3,6-9H2. The van der Waals surface area contributed by atoms with Crippen LogP contribution >= 0.6 is 0 Å². The zero-order valence-electron chi connectivity index (χ0n) is 10.3. The summed E-state index contributed by atoms with van der Waals surface area (Å²) in [6.45, 7) is 0. The van der Waals surface area contributed by atoms with Crippen LogP contribution in [-0.4, -0.2) is 33.6 Å². The molecule has 2 N–H and O–H groups in total. The molecule has 96 valence electrons. The highest BCUT2D eigenvalue weighted by Crippen LogP contribution is 2.43. The fourth-order valence-electron chi connectivity index (χ4n) is 3.95. The molecule has 0 spiro atoms. The largest absolute Gasteiger partial charge is 0.378 e. The Hall–Kier alpha value is -0.380. The minimum atomic E-state index is -0.428. The summed E-state index contributed by atoms with van der Waals surface area (Å²) >= 11 is 0. The van der Waals surface area contributed by atoms with E-state index in [1.165, 1.54) is 19.3 Å². The van der Waals surface area contributed by atoms with Crippen molar-refractivity contribution in [1.29, 1.82) is 0 Å². The average Bonchev–Trinajstić information content (AvgIpc) is 2.64. The van der Waals surface area contributed by atoms with Crippen LogP contribution in [0.2, 0.25) is 0 Å². The van der Waals surface area contributed by atoms with Gasteiger partial charge in [0.1, 0.15) is 12.5 Å². The fourth-order valence-corrected chi connectivity index (χ4v) is 3.95. The van der Waals surface area contributed by atoms with Gasteiger partial charge in [0.05, 0.1) is 0 Å². The molecule has 0 radical (unpaired) electrons. The van der Waals surface area contributed by atoms with Gasteiger partial charge in [0.25, 0.3) is 0 Å². The zero-order valence-corrected chi connectivity index (χ0v) is 10.3. The van der Waals surface area contributed by atoms with Crippen LogP contribution < -0.4 is 0 Å². The molecule has 3 heteroatoms. The number of rotatable bonds is 1. The summed E-state index contributed by atoms with van der Waals surface area (Å²) in [5, 5.41) is 20.9. The van der Waals surface area contributed by atoms with E-state index in [4.69, 9.17) is 0 Å². The predicted molar refractivity (Wildman–Crippen MR) is 66.1 cm³/mol. The molecule has 4 unspecified atom stereocenters. The van der Waals surface area contributed by atoms with Crippen molar-refractivity contribution in [3.8, 4) is 0 Å². The van der Waals surface area contributed by atoms with Crippen molar-refractivity contribution in [1.82, 2.24) is 4.90 Å². The van der Waals surface area contributed by atoms with Crippen molar-refractivity contribution in [2.75, 3.05) is 0 Å². The van der Waals surface area contributed by atoms with Gasteiger partial charge in [-0.05, 0) is 25.7 Å². The smallest absolute Gasteiger partial charge is 0.113 e. The summed E-state index contributed by atoms with van der Waals surface area (Å²) in [6.07, 6.45) is 11.4. The Morgan fingerprint density at radius 3 is 1.88 bits per heavy atom. The van der Waals surface area contributed by atoms with Crippen LogP contribution in [0.4, 0.5) is 0 Å². The lowest BCUT2D eigenvalue weighted by molar-refractivity contribution is -0.0987. The fraction of sp³-hybridized carbons (Fsp3) is 0.857. The topological polar surface area (TPSA) is 43.7 Å². The molecular formula is C14H23NO2. The summed E-state index contributed by atoms with van der Waals surface area (Å²) < 4.78 is 0. The lowest BCUT2D eigenvalue weighted by atomic mass is 9.84. The van der Waals surface area contributed by atoms with Crippen LogP contribution in [0.25, 0.3) is 0 Å². The van der Waals surface area contributed by atoms with Gasteiger partial charge in [-0.25, -0.2) is 4.90 Å². The second kappa shape index (κ2) is 4.71. The van der Waals surface area contributed by atoms with E-state index in [-0.39, 0.29) is 11.8 Å². The molecule has 0 aromatic rings. The molecule has 17 heavy (non-hydrogen) atoms. The van der Waals surface area contributed by atoms with Crippen molar-refractivity contribution >= 4 is 0 Å².